The summed E-state index contributed by atoms with van der Waals surface area (Å²) in [6, 6.07) is 1.55. The molecule has 0 aromatic heterocycles. The largest absolute Gasteiger partial charge is 0.311 e. The highest BCUT2D eigenvalue weighted by Gasteiger charge is 2.15. The summed E-state index contributed by atoms with van der Waals surface area (Å²) in [7, 11) is 0. The van der Waals surface area contributed by atoms with Gasteiger partial charge < -0.3 is 5.32 Å². The molecule has 0 spiro atoms. The summed E-state index contributed by atoms with van der Waals surface area (Å²) in [6.07, 6.45) is 43.0. The van der Waals surface area contributed by atoms with Crippen molar-refractivity contribution in [2.24, 2.45) is 0 Å². The summed E-state index contributed by atoms with van der Waals surface area (Å²) >= 11 is 0. The van der Waals surface area contributed by atoms with Crippen LogP contribution >= 0.6 is 0 Å². The van der Waals surface area contributed by atoms with E-state index in [0.29, 0.717) is 0 Å². The maximum absolute atomic E-state index is 4.28. The van der Waals surface area contributed by atoms with Gasteiger partial charge in [-0.3, -0.25) is 0 Å². The van der Waals surface area contributed by atoms with Gasteiger partial charge in [-0.25, -0.2) is 0 Å². The van der Waals surface area contributed by atoms with Crippen molar-refractivity contribution in [3.8, 4) is 0 Å². The van der Waals surface area contributed by atoms with Gasteiger partial charge in [0.15, 0.2) is 0 Å². The molecule has 0 aliphatic carbocycles. The molecular formula is C36H75N. The van der Waals surface area contributed by atoms with Gasteiger partial charge in [0.1, 0.15) is 0 Å². The molecule has 0 amide bonds. The van der Waals surface area contributed by atoms with Crippen LogP contribution in [-0.4, -0.2) is 12.1 Å². The van der Waals surface area contributed by atoms with Crippen LogP contribution in [0.1, 0.15) is 220 Å². The molecule has 0 aliphatic heterocycles. The molecule has 1 heteroatoms. The summed E-state index contributed by atoms with van der Waals surface area (Å²) in [4.78, 5) is 0. The first-order chi connectivity index (χ1) is 18.3. The van der Waals surface area contributed by atoms with Crippen molar-refractivity contribution in [3.63, 3.8) is 0 Å². The lowest BCUT2D eigenvalue weighted by Crippen LogP contribution is -2.38. The molecule has 0 fully saturated rings. The summed E-state index contributed by atoms with van der Waals surface area (Å²) < 4.78 is 0. The molecule has 2 atom stereocenters. The van der Waals surface area contributed by atoms with Gasteiger partial charge in [-0.15, -0.1) is 0 Å². The Morgan fingerprint density at radius 1 is 0.270 bits per heavy atom. The van der Waals surface area contributed by atoms with Crippen molar-refractivity contribution in [3.05, 3.63) is 0 Å². The highest BCUT2D eigenvalue weighted by Crippen LogP contribution is 2.19. The van der Waals surface area contributed by atoms with Crippen LogP contribution in [0.15, 0.2) is 0 Å². The molecule has 37 heavy (non-hydrogen) atoms. The smallest absolute Gasteiger partial charge is 0.00696 e. The molecule has 1 N–H and O–H groups in total. The lowest BCUT2D eigenvalue weighted by Gasteiger charge is -2.27. The number of nitrogens with one attached hydrogen (secondary N) is 1. The number of unbranched alkanes of at least 4 members (excludes halogenated alkanes) is 22. The molecule has 0 rings (SSSR count). The lowest BCUT2D eigenvalue weighted by atomic mass is 9.95. The third-order valence-corrected chi connectivity index (χ3v) is 8.60. The van der Waals surface area contributed by atoms with Crippen molar-refractivity contribution in [1.29, 1.82) is 0 Å². The molecule has 0 heterocycles. The fourth-order valence-corrected chi connectivity index (χ4v) is 5.99. The van der Waals surface area contributed by atoms with E-state index in [1.54, 1.807) is 0 Å². The Balaban J connectivity index is 4.60. The fourth-order valence-electron chi connectivity index (χ4n) is 5.99. The standard InChI is InChI=1S/C36H75N/c1-5-9-13-17-21-25-29-33-35(31-27-23-19-15-11-7-3)37-36(32-28-24-20-16-12-8-4)34-30-26-22-18-14-10-6-2/h35-37H,5-34H2,1-4H3. The van der Waals surface area contributed by atoms with Gasteiger partial charge in [-0.2, -0.15) is 0 Å². The van der Waals surface area contributed by atoms with Crippen LogP contribution in [0.5, 0.6) is 0 Å². The monoisotopic (exact) mass is 522 g/mol. The van der Waals surface area contributed by atoms with E-state index < -0.39 is 0 Å². The van der Waals surface area contributed by atoms with Crippen molar-refractivity contribution in [2.45, 2.75) is 232 Å². The van der Waals surface area contributed by atoms with Gasteiger partial charge in [-0.05, 0) is 25.7 Å². The van der Waals surface area contributed by atoms with E-state index in [9.17, 15) is 0 Å². The minimum Gasteiger partial charge on any atom is -0.311 e. The molecule has 224 valence electrons. The second-order valence-corrected chi connectivity index (χ2v) is 12.5. The molecule has 1 nitrogen and oxygen atoms in total. The van der Waals surface area contributed by atoms with E-state index in [-0.39, 0.29) is 0 Å². The quantitative estimate of drug-likeness (QED) is 0.0868. The zero-order chi connectivity index (χ0) is 27.1. The van der Waals surface area contributed by atoms with Crippen molar-refractivity contribution < 1.29 is 0 Å². The topological polar surface area (TPSA) is 12.0 Å². The number of hydrogen-bond donors (Lipinski definition) is 1. The molecular weight excluding hydrogens is 446 g/mol. The Morgan fingerprint density at radius 2 is 0.459 bits per heavy atom. The Bertz CT molecular complexity index is 356. The second-order valence-electron chi connectivity index (χ2n) is 12.5. The zero-order valence-electron chi connectivity index (χ0n) is 26.9. The Labute approximate surface area is 237 Å². The minimum absolute atomic E-state index is 0.775. The average molecular weight is 522 g/mol. The van der Waals surface area contributed by atoms with Crippen LogP contribution in [0.3, 0.4) is 0 Å². The van der Waals surface area contributed by atoms with Gasteiger partial charge in [0.25, 0.3) is 0 Å². The molecule has 0 aromatic carbocycles. The van der Waals surface area contributed by atoms with Gasteiger partial charge >= 0.3 is 0 Å². The SMILES string of the molecule is CCCCCCCCCC(CCCCCCCC)NC(CCCCCCCC)CCCCCCCCC. The van der Waals surface area contributed by atoms with Gasteiger partial charge in [0.05, 0.1) is 0 Å². The molecule has 0 saturated carbocycles. The van der Waals surface area contributed by atoms with Crippen molar-refractivity contribution in [2.75, 3.05) is 0 Å². The van der Waals surface area contributed by atoms with Crippen molar-refractivity contribution >= 4 is 0 Å². The molecule has 0 aromatic rings. The third-order valence-electron chi connectivity index (χ3n) is 8.60. The average Bonchev–Trinajstić information content (AvgIpc) is 2.91. The first-order valence-electron chi connectivity index (χ1n) is 18.0. The first kappa shape index (κ1) is 37.0. The predicted molar refractivity (Wildman–Crippen MR) is 172 cm³/mol. The molecule has 0 radical (unpaired) electrons. The van der Waals surface area contributed by atoms with E-state index in [2.05, 4.69) is 33.0 Å². The Morgan fingerprint density at radius 3 is 0.676 bits per heavy atom. The van der Waals surface area contributed by atoms with E-state index >= 15 is 0 Å². The molecule has 0 saturated heterocycles. The summed E-state index contributed by atoms with van der Waals surface area (Å²) in [5.41, 5.74) is 0. The normalized spacial score (nSPS) is 13.3. The lowest BCUT2D eigenvalue weighted by molar-refractivity contribution is 0.329. The minimum atomic E-state index is 0.775. The number of hydrogen-bond acceptors (Lipinski definition) is 1. The van der Waals surface area contributed by atoms with Crippen LogP contribution in [0.2, 0.25) is 0 Å². The van der Waals surface area contributed by atoms with E-state index in [1.807, 2.05) is 0 Å². The summed E-state index contributed by atoms with van der Waals surface area (Å²) in [5, 5.41) is 4.28. The molecule has 0 aliphatic rings. The summed E-state index contributed by atoms with van der Waals surface area (Å²) in [5.74, 6) is 0. The molecule has 2 unspecified atom stereocenters. The van der Waals surface area contributed by atoms with Gasteiger partial charge in [-0.1, -0.05) is 195 Å². The highest BCUT2D eigenvalue weighted by atomic mass is 14.9. The zero-order valence-corrected chi connectivity index (χ0v) is 26.9. The number of rotatable bonds is 32. The Hall–Kier alpha value is -0.0400. The van der Waals surface area contributed by atoms with E-state index in [4.69, 9.17) is 0 Å². The van der Waals surface area contributed by atoms with E-state index in [1.165, 1.54) is 193 Å². The van der Waals surface area contributed by atoms with Gasteiger partial charge in [0, 0.05) is 12.1 Å². The first-order valence-corrected chi connectivity index (χ1v) is 18.0. The fraction of sp³-hybridized carbons (Fsp3) is 1.00. The second kappa shape index (κ2) is 32.2. The Kier molecular flexibility index (Phi) is 32.1. The van der Waals surface area contributed by atoms with E-state index in [0.717, 1.165) is 12.1 Å². The van der Waals surface area contributed by atoms with Crippen LogP contribution in [0, 0.1) is 0 Å². The maximum atomic E-state index is 4.28. The van der Waals surface area contributed by atoms with Crippen LogP contribution in [-0.2, 0) is 0 Å². The van der Waals surface area contributed by atoms with Gasteiger partial charge in [0.2, 0.25) is 0 Å². The van der Waals surface area contributed by atoms with Crippen LogP contribution < -0.4 is 5.32 Å². The summed E-state index contributed by atoms with van der Waals surface area (Å²) in [6.45, 7) is 9.31. The highest BCUT2D eigenvalue weighted by molar-refractivity contribution is 4.76. The predicted octanol–water partition coefficient (Wildman–Crippen LogP) is 13.1. The van der Waals surface area contributed by atoms with Crippen LogP contribution in [0.25, 0.3) is 0 Å². The maximum Gasteiger partial charge on any atom is 0.00696 e. The van der Waals surface area contributed by atoms with Crippen LogP contribution in [0.4, 0.5) is 0 Å². The third kappa shape index (κ3) is 28.8. The van der Waals surface area contributed by atoms with Crippen molar-refractivity contribution in [1.82, 2.24) is 5.32 Å². The molecule has 0 bridgehead atoms.